The van der Waals surface area contributed by atoms with Gasteiger partial charge in [0.25, 0.3) is 0 Å². The average molecular weight is 260 g/mol. The lowest BCUT2D eigenvalue weighted by molar-refractivity contribution is 0.208. The van der Waals surface area contributed by atoms with Crippen molar-refractivity contribution in [2.45, 2.75) is 13.0 Å². The largest absolute Gasteiger partial charge is 0.467 e. The fourth-order valence-corrected chi connectivity index (χ4v) is 1.55. The predicted molar refractivity (Wildman–Crippen MR) is 69.3 cm³/mol. The number of urea groups is 1. The molecule has 1 N–H and O–H groups in total. The van der Waals surface area contributed by atoms with Gasteiger partial charge in [-0.2, -0.15) is 0 Å². The maximum atomic E-state index is 11.8. The van der Waals surface area contributed by atoms with Crippen LogP contribution in [0.1, 0.15) is 11.5 Å². The molecule has 0 aliphatic rings. The summed E-state index contributed by atoms with van der Waals surface area (Å²) in [7, 11) is 1.74. The van der Waals surface area contributed by atoms with Crippen LogP contribution in [0.15, 0.2) is 41.4 Å². The van der Waals surface area contributed by atoms with E-state index in [2.05, 4.69) is 15.3 Å². The molecule has 100 valence electrons. The third-order valence-corrected chi connectivity index (χ3v) is 2.66. The van der Waals surface area contributed by atoms with Gasteiger partial charge in [0.1, 0.15) is 5.76 Å². The van der Waals surface area contributed by atoms with Crippen LogP contribution in [0, 0.1) is 0 Å². The number of nitrogens with one attached hydrogen (secondary N) is 1. The molecular formula is C13H16N4O2. The van der Waals surface area contributed by atoms with E-state index >= 15 is 0 Å². The highest BCUT2D eigenvalue weighted by Gasteiger charge is 2.08. The summed E-state index contributed by atoms with van der Waals surface area (Å²) in [6.45, 7) is 0.976. The standard InChI is InChI=1S/C13H16N4O2/c1-17(7-4-11-9-14-5-6-15-11)13(18)16-10-12-3-2-8-19-12/h2-3,5-6,8-9H,4,7,10H2,1H3,(H,16,18). The van der Waals surface area contributed by atoms with E-state index in [1.54, 1.807) is 42.9 Å². The second-order valence-corrected chi connectivity index (χ2v) is 4.11. The Kier molecular flexibility index (Phi) is 4.49. The van der Waals surface area contributed by atoms with Crippen molar-refractivity contribution in [2.24, 2.45) is 0 Å². The maximum absolute atomic E-state index is 11.8. The normalized spacial score (nSPS) is 10.2. The Morgan fingerprint density at radius 2 is 2.37 bits per heavy atom. The van der Waals surface area contributed by atoms with E-state index in [1.807, 2.05) is 6.07 Å². The van der Waals surface area contributed by atoms with Crippen molar-refractivity contribution in [1.82, 2.24) is 20.2 Å². The summed E-state index contributed by atoms with van der Waals surface area (Å²) in [4.78, 5) is 21.5. The first kappa shape index (κ1) is 13.1. The minimum absolute atomic E-state index is 0.139. The van der Waals surface area contributed by atoms with Crippen LogP contribution in [0.25, 0.3) is 0 Å². The van der Waals surface area contributed by atoms with Crippen molar-refractivity contribution in [2.75, 3.05) is 13.6 Å². The van der Waals surface area contributed by atoms with Gasteiger partial charge in [-0.1, -0.05) is 0 Å². The molecule has 19 heavy (non-hydrogen) atoms. The van der Waals surface area contributed by atoms with Crippen LogP contribution in [0.4, 0.5) is 4.79 Å². The zero-order valence-corrected chi connectivity index (χ0v) is 10.7. The van der Waals surface area contributed by atoms with Crippen LogP contribution in [0.3, 0.4) is 0 Å². The lowest BCUT2D eigenvalue weighted by Crippen LogP contribution is -2.38. The van der Waals surface area contributed by atoms with E-state index in [0.29, 0.717) is 19.5 Å². The number of hydrogen-bond donors (Lipinski definition) is 1. The molecule has 2 heterocycles. The summed E-state index contributed by atoms with van der Waals surface area (Å²) in [5.41, 5.74) is 0.869. The summed E-state index contributed by atoms with van der Waals surface area (Å²) < 4.78 is 5.14. The molecule has 0 fully saturated rings. The summed E-state index contributed by atoms with van der Waals surface area (Å²) in [5.74, 6) is 0.732. The third kappa shape index (κ3) is 4.09. The molecule has 0 aliphatic heterocycles. The molecule has 2 amide bonds. The molecule has 0 saturated heterocycles. The first-order valence-corrected chi connectivity index (χ1v) is 6.02. The fraction of sp³-hybridized carbons (Fsp3) is 0.308. The highest BCUT2D eigenvalue weighted by molar-refractivity contribution is 5.73. The Morgan fingerprint density at radius 3 is 3.05 bits per heavy atom. The smallest absolute Gasteiger partial charge is 0.317 e. The van der Waals surface area contributed by atoms with E-state index in [0.717, 1.165) is 11.5 Å². The predicted octanol–water partition coefficient (Wildman–Crippen LogP) is 1.45. The third-order valence-electron chi connectivity index (χ3n) is 2.66. The molecule has 0 aromatic carbocycles. The number of aromatic nitrogens is 2. The number of furan rings is 1. The summed E-state index contributed by atoms with van der Waals surface area (Å²) >= 11 is 0. The summed E-state index contributed by atoms with van der Waals surface area (Å²) in [5, 5.41) is 2.78. The lowest BCUT2D eigenvalue weighted by Gasteiger charge is -2.17. The van der Waals surface area contributed by atoms with Crippen molar-refractivity contribution >= 4 is 6.03 Å². The lowest BCUT2D eigenvalue weighted by atomic mass is 10.3. The van der Waals surface area contributed by atoms with E-state index in [-0.39, 0.29) is 6.03 Å². The second-order valence-electron chi connectivity index (χ2n) is 4.11. The molecule has 0 saturated carbocycles. The summed E-state index contributed by atoms with van der Waals surface area (Å²) in [6, 6.07) is 3.47. The van der Waals surface area contributed by atoms with Crippen LogP contribution in [-0.4, -0.2) is 34.5 Å². The van der Waals surface area contributed by atoms with Gasteiger partial charge in [0.05, 0.1) is 18.5 Å². The van der Waals surface area contributed by atoms with Gasteiger partial charge >= 0.3 is 6.03 Å². The van der Waals surface area contributed by atoms with Gasteiger partial charge < -0.3 is 14.6 Å². The van der Waals surface area contributed by atoms with Gasteiger partial charge in [0.2, 0.25) is 0 Å². The van der Waals surface area contributed by atoms with Crippen LogP contribution >= 0.6 is 0 Å². The SMILES string of the molecule is CN(CCc1cnccn1)C(=O)NCc1ccco1. The molecule has 0 spiro atoms. The number of nitrogens with zero attached hydrogens (tertiary/aromatic N) is 3. The summed E-state index contributed by atoms with van der Waals surface area (Å²) in [6.07, 6.45) is 7.24. The second kappa shape index (κ2) is 6.53. The molecular weight excluding hydrogens is 244 g/mol. The molecule has 0 unspecified atom stereocenters. The van der Waals surface area contributed by atoms with Crippen LogP contribution in [0.2, 0.25) is 0 Å². The van der Waals surface area contributed by atoms with Crippen LogP contribution in [-0.2, 0) is 13.0 Å². The van der Waals surface area contributed by atoms with Gasteiger partial charge in [-0.15, -0.1) is 0 Å². The number of carbonyl (C=O) groups excluding carboxylic acids is 1. The molecule has 0 radical (unpaired) electrons. The Labute approximate surface area is 111 Å². The van der Waals surface area contributed by atoms with E-state index in [4.69, 9.17) is 4.42 Å². The van der Waals surface area contributed by atoms with Gasteiger partial charge in [-0.05, 0) is 12.1 Å². The number of carbonyl (C=O) groups is 1. The Morgan fingerprint density at radius 1 is 1.47 bits per heavy atom. The van der Waals surface area contributed by atoms with Gasteiger partial charge in [-0.25, -0.2) is 4.79 Å². The van der Waals surface area contributed by atoms with Crippen molar-refractivity contribution in [3.8, 4) is 0 Å². The quantitative estimate of drug-likeness (QED) is 0.883. The topological polar surface area (TPSA) is 71.3 Å². The van der Waals surface area contributed by atoms with Gasteiger partial charge in [0.15, 0.2) is 0 Å². The molecule has 0 aliphatic carbocycles. The van der Waals surface area contributed by atoms with Crippen LogP contribution in [0.5, 0.6) is 0 Å². The van der Waals surface area contributed by atoms with Crippen molar-refractivity contribution in [3.63, 3.8) is 0 Å². The Bertz CT molecular complexity index is 499. The number of rotatable bonds is 5. The van der Waals surface area contributed by atoms with E-state index < -0.39 is 0 Å². The first-order chi connectivity index (χ1) is 9.25. The monoisotopic (exact) mass is 260 g/mol. The maximum Gasteiger partial charge on any atom is 0.317 e. The van der Waals surface area contributed by atoms with Gasteiger partial charge in [0, 0.05) is 38.6 Å². The highest BCUT2D eigenvalue weighted by atomic mass is 16.3. The minimum atomic E-state index is -0.139. The van der Waals surface area contributed by atoms with Gasteiger partial charge in [-0.3, -0.25) is 9.97 Å². The van der Waals surface area contributed by atoms with E-state index in [1.165, 1.54) is 0 Å². The molecule has 0 atom stereocenters. The molecule has 2 aromatic rings. The Balaban J connectivity index is 1.73. The van der Waals surface area contributed by atoms with Crippen molar-refractivity contribution in [1.29, 1.82) is 0 Å². The fourth-order valence-electron chi connectivity index (χ4n) is 1.55. The zero-order valence-electron chi connectivity index (χ0n) is 10.7. The first-order valence-electron chi connectivity index (χ1n) is 6.02. The molecule has 2 aromatic heterocycles. The van der Waals surface area contributed by atoms with Crippen molar-refractivity contribution < 1.29 is 9.21 Å². The molecule has 0 bridgehead atoms. The minimum Gasteiger partial charge on any atom is -0.467 e. The number of hydrogen-bond acceptors (Lipinski definition) is 4. The zero-order chi connectivity index (χ0) is 13.5. The van der Waals surface area contributed by atoms with E-state index in [9.17, 15) is 4.79 Å². The average Bonchev–Trinajstić information content (AvgIpc) is 2.96. The number of likely N-dealkylation sites (N-methyl/N-ethyl adjacent to an activating group) is 1. The molecule has 6 nitrogen and oxygen atoms in total. The Hall–Kier alpha value is -2.37. The van der Waals surface area contributed by atoms with Crippen molar-refractivity contribution in [3.05, 3.63) is 48.4 Å². The molecule has 2 rings (SSSR count). The molecule has 6 heteroatoms. The van der Waals surface area contributed by atoms with Crippen LogP contribution < -0.4 is 5.32 Å². The highest BCUT2D eigenvalue weighted by Crippen LogP contribution is 1.99. The number of amides is 2.